The third kappa shape index (κ3) is 12.5. The number of thiazole rings is 1. The smallest absolute Gasteiger partial charge is 0.227 e. The van der Waals surface area contributed by atoms with Crippen molar-refractivity contribution in [3.8, 4) is 5.75 Å². The number of hydrogen-bond acceptors (Lipinski definition) is 3. The Labute approximate surface area is 266 Å². The first-order chi connectivity index (χ1) is 20.8. The van der Waals surface area contributed by atoms with E-state index < -0.39 is 0 Å². The topological polar surface area (TPSA) is 33.4 Å². The second-order valence-electron chi connectivity index (χ2n) is 13.0. The summed E-state index contributed by atoms with van der Waals surface area (Å²) < 4.78 is 8.60. The number of amides is 1. The Bertz CT molecular complexity index is 1180. The number of unbranched alkanes of at least 4 members (excludes halogenated alkanes) is 11. The van der Waals surface area contributed by atoms with Gasteiger partial charge in [-0.15, -0.1) is 0 Å². The van der Waals surface area contributed by atoms with Crippen LogP contribution in [0.1, 0.15) is 135 Å². The van der Waals surface area contributed by atoms with Crippen LogP contribution in [0.15, 0.2) is 59.6 Å². The molecular formula is C38H57N2O2S+. The van der Waals surface area contributed by atoms with Crippen molar-refractivity contribution in [1.82, 2.24) is 0 Å². The summed E-state index contributed by atoms with van der Waals surface area (Å²) in [5.41, 5.74) is 6.57. The fourth-order valence-electron chi connectivity index (χ4n) is 5.57. The first kappa shape index (κ1) is 34.8. The molecule has 2 aromatic carbocycles. The molecule has 0 atom stereocenters. The SMILES string of the molecule is CCCCCCCCCCCCCCOc1cc(CN(C(=O)CC)c2ccc(C[n+]3ccsc3)cc2)ccc1C(C)(C)C. The fraction of sp³-hybridized carbons (Fsp3) is 0.579. The standard InChI is InChI=1S/C38H57N2O2S/c1-6-8-9-10-11-12-13-14-15-16-17-18-26-42-36-28-33(21-24-35(36)38(3,4)5)30-40(37(41)7-2)34-22-19-32(20-23-34)29-39-25-27-43-31-39/h19-25,27-28,31H,6-18,26,29-30H2,1-5H3/q+1. The lowest BCUT2D eigenvalue weighted by Gasteiger charge is -2.26. The van der Waals surface area contributed by atoms with Gasteiger partial charge in [-0.25, -0.2) is 0 Å². The van der Waals surface area contributed by atoms with Gasteiger partial charge in [0, 0.05) is 17.7 Å². The summed E-state index contributed by atoms with van der Waals surface area (Å²) >= 11 is 1.69. The van der Waals surface area contributed by atoms with E-state index in [1.54, 1.807) is 11.3 Å². The van der Waals surface area contributed by atoms with Gasteiger partial charge < -0.3 is 9.64 Å². The van der Waals surface area contributed by atoms with Crippen LogP contribution in [0.2, 0.25) is 0 Å². The van der Waals surface area contributed by atoms with Crippen molar-refractivity contribution in [3.05, 3.63) is 76.2 Å². The predicted molar refractivity (Wildman–Crippen MR) is 183 cm³/mol. The van der Waals surface area contributed by atoms with Crippen molar-refractivity contribution in [1.29, 1.82) is 0 Å². The van der Waals surface area contributed by atoms with Crippen LogP contribution in [-0.2, 0) is 23.3 Å². The van der Waals surface area contributed by atoms with Crippen molar-refractivity contribution in [3.63, 3.8) is 0 Å². The highest BCUT2D eigenvalue weighted by Gasteiger charge is 2.21. The van der Waals surface area contributed by atoms with E-state index >= 15 is 0 Å². The van der Waals surface area contributed by atoms with Crippen LogP contribution in [0.5, 0.6) is 5.75 Å². The summed E-state index contributed by atoms with van der Waals surface area (Å²) in [6.07, 6.45) is 18.6. The van der Waals surface area contributed by atoms with Crippen LogP contribution >= 0.6 is 11.3 Å². The Morgan fingerprint density at radius 3 is 1.98 bits per heavy atom. The summed E-state index contributed by atoms with van der Waals surface area (Å²) in [6, 6.07) is 14.9. The largest absolute Gasteiger partial charge is 0.493 e. The number of anilines is 1. The third-order valence-corrected chi connectivity index (χ3v) is 8.87. The Morgan fingerprint density at radius 1 is 0.814 bits per heavy atom. The molecule has 0 spiro atoms. The van der Waals surface area contributed by atoms with Gasteiger partial charge in [-0.2, -0.15) is 4.57 Å². The van der Waals surface area contributed by atoms with Crippen molar-refractivity contribution in [2.24, 2.45) is 0 Å². The molecule has 4 nitrogen and oxygen atoms in total. The van der Waals surface area contributed by atoms with Gasteiger partial charge in [0.1, 0.15) is 5.75 Å². The Hall–Kier alpha value is -2.66. The van der Waals surface area contributed by atoms with Crippen LogP contribution in [0.4, 0.5) is 5.69 Å². The minimum atomic E-state index is -0.0143. The molecular weight excluding hydrogens is 548 g/mol. The molecule has 0 N–H and O–H groups in total. The molecule has 0 fully saturated rings. The highest BCUT2D eigenvalue weighted by molar-refractivity contribution is 7.07. The molecule has 0 bridgehead atoms. The third-order valence-electron chi connectivity index (χ3n) is 8.19. The van der Waals surface area contributed by atoms with E-state index in [1.807, 2.05) is 11.8 Å². The molecule has 0 aliphatic carbocycles. The molecule has 3 aromatic rings. The van der Waals surface area contributed by atoms with Gasteiger partial charge in [0.2, 0.25) is 11.4 Å². The van der Waals surface area contributed by atoms with Crippen molar-refractivity contribution in [2.45, 2.75) is 137 Å². The molecule has 5 heteroatoms. The second kappa shape index (κ2) is 18.9. The van der Waals surface area contributed by atoms with Crippen LogP contribution in [-0.4, -0.2) is 12.5 Å². The normalized spacial score (nSPS) is 11.6. The maximum Gasteiger partial charge on any atom is 0.227 e. The lowest BCUT2D eigenvalue weighted by atomic mass is 9.85. The lowest BCUT2D eigenvalue weighted by Crippen LogP contribution is -2.31. The molecule has 0 unspecified atom stereocenters. The highest BCUT2D eigenvalue weighted by Crippen LogP contribution is 2.33. The predicted octanol–water partition coefficient (Wildman–Crippen LogP) is 10.4. The first-order valence-corrected chi connectivity index (χ1v) is 17.8. The van der Waals surface area contributed by atoms with Crippen LogP contribution in [0.3, 0.4) is 0 Å². The van der Waals surface area contributed by atoms with E-state index in [0.717, 1.165) is 36.6 Å². The number of carbonyl (C=O) groups excluding carboxylic acids is 1. The van der Waals surface area contributed by atoms with E-state index in [1.165, 1.54) is 81.8 Å². The number of aromatic nitrogens is 1. The molecule has 1 aromatic heterocycles. The van der Waals surface area contributed by atoms with E-state index in [-0.39, 0.29) is 11.3 Å². The van der Waals surface area contributed by atoms with Crippen LogP contribution in [0.25, 0.3) is 0 Å². The molecule has 1 heterocycles. The molecule has 0 saturated heterocycles. The zero-order chi connectivity index (χ0) is 30.9. The molecule has 43 heavy (non-hydrogen) atoms. The molecule has 0 aliphatic heterocycles. The zero-order valence-electron chi connectivity index (χ0n) is 27.7. The Kier molecular flexibility index (Phi) is 15.3. The average molecular weight is 606 g/mol. The number of hydrogen-bond donors (Lipinski definition) is 0. The van der Waals surface area contributed by atoms with Gasteiger partial charge >= 0.3 is 0 Å². The maximum absolute atomic E-state index is 13.1. The van der Waals surface area contributed by atoms with Crippen molar-refractivity contribution in [2.75, 3.05) is 11.5 Å². The van der Waals surface area contributed by atoms with Crippen molar-refractivity contribution >= 4 is 22.9 Å². The summed E-state index contributed by atoms with van der Waals surface area (Å²) in [6.45, 7) is 13.0. The van der Waals surface area contributed by atoms with E-state index in [2.05, 4.69) is 91.8 Å². The summed E-state index contributed by atoms with van der Waals surface area (Å²) in [4.78, 5) is 15.0. The second-order valence-corrected chi connectivity index (χ2v) is 13.8. The zero-order valence-corrected chi connectivity index (χ0v) is 28.5. The first-order valence-electron chi connectivity index (χ1n) is 16.9. The average Bonchev–Trinajstić information content (AvgIpc) is 3.51. The molecule has 1 amide bonds. The lowest BCUT2D eigenvalue weighted by molar-refractivity contribution is -0.683. The van der Waals surface area contributed by atoms with Gasteiger partial charge in [-0.1, -0.05) is 141 Å². The molecule has 236 valence electrons. The van der Waals surface area contributed by atoms with Crippen LogP contribution < -0.4 is 14.2 Å². The maximum atomic E-state index is 13.1. The Morgan fingerprint density at radius 2 is 1.42 bits per heavy atom. The van der Waals surface area contributed by atoms with Gasteiger partial charge in [0.25, 0.3) is 0 Å². The van der Waals surface area contributed by atoms with Crippen LogP contribution in [0, 0.1) is 0 Å². The molecule has 3 rings (SSSR count). The minimum Gasteiger partial charge on any atom is -0.493 e. The summed E-state index contributed by atoms with van der Waals surface area (Å²) in [7, 11) is 0. The molecule has 0 radical (unpaired) electrons. The molecule has 0 aliphatic rings. The van der Waals surface area contributed by atoms with Gasteiger partial charge in [-0.3, -0.25) is 4.79 Å². The number of nitrogens with zero attached hydrogens (tertiary/aromatic N) is 2. The summed E-state index contributed by atoms with van der Waals surface area (Å²) in [5.74, 6) is 1.08. The van der Waals surface area contributed by atoms with E-state index in [9.17, 15) is 4.79 Å². The van der Waals surface area contributed by atoms with E-state index in [0.29, 0.717) is 13.0 Å². The number of benzene rings is 2. The van der Waals surface area contributed by atoms with Gasteiger partial charge in [0.15, 0.2) is 12.7 Å². The Balaban J connectivity index is 1.54. The highest BCUT2D eigenvalue weighted by atomic mass is 32.1. The monoisotopic (exact) mass is 605 g/mol. The number of rotatable bonds is 20. The quantitative estimate of drug-likeness (QED) is 0.0948. The van der Waals surface area contributed by atoms with E-state index in [4.69, 9.17) is 4.74 Å². The van der Waals surface area contributed by atoms with Gasteiger partial charge in [-0.05, 0) is 41.2 Å². The number of carbonyl (C=O) groups is 1. The number of ether oxygens (including phenoxy) is 1. The fourth-order valence-corrected chi connectivity index (χ4v) is 6.17. The summed E-state index contributed by atoms with van der Waals surface area (Å²) in [5, 5.41) is 2.08. The molecule has 0 saturated carbocycles. The van der Waals surface area contributed by atoms with Crippen molar-refractivity contribution < 1.29 is 14.1 Å². The van der Waals surface area contributed by atoms with Gasteiger partial charge in [0.05, 0.1) is 18.5 Å². The minimum absolute atomic E-state index is 0.0143.